The SMILES string of the molecule is CC(NCCOCC(F)F)c1ccsc1. The third-order valence-electron chi connectivity index (χ3n) is 1.98. The van der Waals surface area contributed by atoms with Gasteiger partial charge in [0.2, 0.25) is 0 Å². The van der Waals surface area contributed by atoms with Crippen molar-refractivity contribution in [2.24, 2.45) is 0 Å². The third-order valence-corrected chi connectivity index (χ3v) is 2.69. The zero-order valence-electron chi connectivity index (χ0n) is 8.58. The molecular weight excluding hydrogens is 220 g/mol. The predicted molar refractivity (Wildman–Crippen MR) is 57.6 cm³/mol. The molecule has 0 fully saturated rings. The smallest absolute Gasteiger partial charge is 0.261 e. The van der Waals surface area contributed by atoms with Crippen molar-refractivity contribution in [2.45, 2.75) is 19.4 Å². The van der Waals surface area contributed by atoms with E-state index in [0.29, 0.717) is 13.2 Å². The number of hydrogen-bond acceptors (Lipinski definition) is 3. The molecule has 1 unspecified atom stereocenters. The van der Waals surface area contributed by atoms with Crippen LogP contribution in [0.15, 0.2) is 16.8 Å². The molecule has 1 aromatic heterocycles. The molecule has 1 rings (SSSR count). The fourth-order valence-electron chi connectivity index (χ4n) is 1.16. The van der Waals surface area contributed by atoms with E-state index >= 15 is 0 Å². The van der Waals surface area contributed by atoms with Crippen LogP contribution in [0.2, 0.25) is 0 Å². The Bertz CT molecular complexity index is 254. The van der Waals surface area contributed by atoms with Crippen molar-refractivity contribution < 1.29 is 13.5 Å². The summed E-state index contributed by atoms with van der Waals surface area (Å²) in [5.41, 5.74) is 1.22. The fourth-order valence-corrected chi connectivity index (χ4v) is 1.91. The van der Waals surface area contributed by atoms with E-state index in [2.05, 4.69) is 10.7 Å². The molecule has 0 saturated carbocycles. The monoisotopic (exact) mass is 235 g/mol. The Balaban J connectivity index is 2.05. The van der Waals surface area contributed by atoms with Crippen LogP contribution in [0.25, 0.3) is 0 Å². The molecule has 0 bridgehead atoms. The Labute approximate surface area is 92.3 Å². The topological polar surface area (TPSA) is 21.3 Å². The normalized spacial score (nSPS) is 13.3. The summed E-state index contributed by atoms with van der Waals surface area (Å²) < 4.78 is 28.2. The highest BCUT2D eigenvalue weighted by molar-refractivity contribution is 7.07. The van der Waals surface area contributed by atoms with Crippen LogP contribution in [-0.2, 0) is 4.74 Å². The van der Waals surface area contributed by atoms with Gasteiger partial charge in [-0.05, 0) is 29.3 Å². The van der Waals surface area contributed by atoms with Crippen molar-refractivity contribution in [2.75, 3.05) is 19.8 Å². The van der Waals surface area contributed by atoms with Gasteiger partial charge in [-0.2, -0.15) is 11.3 Å². The number of rotatable bonds is 7. The van der Waals surface area contributed by atoms with E-state index in [1.807, 2.05) is 18.4 Å². The first-order valence-corrected chi connectivity index (χ1v) is 5.76. The van der Waals surface area contributed by atoms with E-state index in [0.717, 1.165) is 0 Å². The van der Waals surface area contributed by atoms with Crippen LogP contribution < -0.4 is 5.32 Å². The van der Waals surface area contributed by atoms with Crippen molar-refractivity contribution in [3.8, 4) is 0 Å². The lowest BCUT2D eigenvalue weighted by Crippen LogP contribution is -2.23. The zero-order valence-corrected chi connectivity index (χ0v) is 9.40. The highest BCUT2D eigenvalue weighted by atomic mass is 32.1. The van der Waals surface area contributed by atoms with E-state index in [1.165, 1.54) is 5.56 Å². The summed E-state index contributed by atoms with van der Waals surface area (Å²) in [5.74, 6) is 0. The molecule has 1 atom stereocenters. The van der Waals surface area contributed by atoms with Crippen LogP contribution in [0.3, 0.4) is 0 Å². The third kappa shape index (κ3) is 5.20. The second kappa shape index (κ2) is 6.87. The highest BCUT2D eigenvalue weighted by Crippen LogP contribution is 2.14. The van der Waals surface area contributed by atoms with Crippen LogP contribution in [0.4, 0.5) is 8.78 Å². The molecule has 15 heavy (non-hydrogen) atoms. The van der Waals surface area contributed by atoms with E-state index in [-0.39, 0.29) is 6.04 Å². The van der Waals surface area contributed by atoms with E-state index < -0.39 is 13.0 Å². The molecular formula is C10H15F2NOS. The Morgan fingerprint density at radius 3 is 2.93 bits per heavy atom. The van der Waals surface area contributed by atoms with Gasteiger partial charge in [-0.15, -0.1) is 0 Å². The summed E-state index contributed by atoms with van der Waals surface area (Å²) in [6.45, 7) is 2.46. The van der Waals surface area contributed by atoms with Crippen molar-refractivity contribution in [3.63, 3.8) is 0 Å². The Morgan fingerprint density at radius 2 is 2.33 bits per heavy atom. The van der Waals surface area contributed by atoms with Gasteiger partial charge in [0.15, 0.2) is 0 Å². The summed E-state index contributed by atoms with van der Waals surface area (Å²) in [4.78, 5) is 0. The summed E-state index contributed by atoms with van der Waals surface area (Å²) in [6, 6.07) is 2.29. The molecule has 0 saturated heterocycles. The first-order chi connectivity index (χ1) is 7.20. The predicted octanol–water partition coefficient (Wildman–Crippen LogP) is 2.68. The maximum Gasteiger partial charge on any atom is 0.261 e. The molecule has 0 aliphatic rings. The Hall–Kier alpha value is -0.520. The number of nitrogens with one attached hydrogen (secondary N) is 1. The van der Waals surface area contributed by atoms with Crippen LogP contribution in [0.1, 0.15) is 18.5 Å². The molecule has 0 aliphatic carbocycles. The zero-order chi connectivity index (χ0) is 11.1. The molecule has 0 radical (unpaired) electrons. The number of hydrogen-bond donors (Lipinski definition) is 1. The summed E-state index contributed by atoms with van der Waals surface area (Å²) in [6.07, 6.45) is -2.38. The second-order valence-corrected chi connectivity index (χ2v) is 3.98. The maximum atomic E-state index is 11.7. The van der Waals surface area contributed by atoms with Gasteiger partial charge in [0.25, 0.3) is 6.43 Å². The summed E-state index contributed by atoms with van der Waals surface area (Å²) in [7, 11) is 0. The number of alkyl halides is 2. The maximum absolute atomic E-state index is 11.7. The highest BCUT2D eigenvalue weighted by Gasteiger charge is 2.05. The van der Waals surface area contributed by atoms with E-state index in [4.69, 9.17) is 4.74 Å². The summed E-state index contributed by atoms with van der Waals surface area (Å²) in [5, 5.41) is 7.28. The number of ether oxygens (including phenoxy) is 1. The number of thiophene rings is 1. The van der Waals surface area contributed by atoms with Crippen molar-refractivity contribution in [1.29, 1.82) is 0 Å². The van der Waals surface area contributed by atoms with Crippen molar-refractivity contribution >= 4 is 11.3 Å². The molecule has 0 aliphatic heterocycles. The van der Waals surface area contributed by atoms with Crippen LogP contribution in [-0.4, -0.2) is 26.2 Å². The first-order valence-electron chi connectivity index (χ1n) is 4.81. The summed E-state index contributed by atoms with van der Waals surface area (Å²) >= 11 is 1.65. The molecule has 2 nitrogen and oxygen atoms in total. The van der Waals surface area contributed by atoms with Crippen molar-refractivity contribution in [3.05, 3.63) is 22.4 Å². The van der Waals surface area contributed by atoms with Gasteiger partial charge in [-0.1, -0.05) is 0 Å². The minimum Gasteiger partial charge on any atom is -0.374 e. The molecule has 0 spiro atoms. The molecule has 5 heteroatoms. The lowest BCUT2D eigenvalue weighted by molar-refractivity contribution is 0.0183. The average molecular weight is 235 g/mol. The average Bonchev–Trinajstić information content (AvgIpc) is 2.69. The van der Waals surface area contributed by atoms with E-state index in [1.54, 1.807) is 11.3 Å². The van der Waals surface area contributed by atoms with Gasteiger partial charge < -0.3 is 10.1 Å². The molecule has 0 aromatic carbocycles. The van der Waals surface area contributed by atoms with Gasteiger partial charge in [0, 0.05) is 12.6 Å². The van der Waals surface area contributed by atoms with E-state index in [9.17, 15) is 8.78 Å². The standard InChI is InChI=1S/C10H15F2NOS/c1-8(9-2-5-15-7-9)13-3-4-14-6-10(11)12/h2,5,7-8,10,13H,3-4,6H2,1H3. The van der Waals surface area contributed by atoms with Gasteiger partial charge in [0.05, 0.1) is 6.61 Å². The number of halogens is 2. The van der Waals surface area contributed by atoms with Gasteiger partial charge in [0.1, 0.15) is 6.61 Å². The quantitative estimate of drug-likeness (QED) is 0.734. The molecule has 0 amide bonds. The molecule has 1 aromatic rings. The fraction of sp³-hybridized carbons (Fsp3) is 0.600. The van der Waals surface area contributed by atoms with Crippen molar-refractivity contribution in [1.82, 2.24) is 5.32 Å². The molecule has 1 heterocycles. The molecule has 86 valence electrons. The minimum absolute atomic E-state index is 0.242. The largest absolute Gasteiger partial charge is 0.374 e. The second-order valence-electron chi connectivity index (χ2n) is 3.20. The van der Waals surface area contributed by atoms with Crippen LogP contribution in [0.5, 0.6) is 0 Å². The van der Waals surface area contributed by atoms with Crippen LogP contribution >= 0.6 is 11.3 Å². The lowest BCUT2D eigenvalue weighted by atomic mass is 10.2. The van der Waals surface area contributed by atoms with Gasteiger partial charge in [-0.25, -0.2) is 8.78 Å². The van der Waals surface area contributed by atoms with Gasteiger partial charge >= 0.3 is 0 Å². The lowest BCUT2D eigenvalue weighted by Gasteiger charge is -2.12. The Kier molecular flexibility index (Phi) is 5.75. The molecule has 1 N–H and O–H groups in total. The first kappa shape index (κ1) is 12.5. The Morgan fingerprint density at radius 1 is 1.53 bits per heavy atom. The van der Waals surface area contributed by atoms with Crippen LogP contribution in [0, 0.1) is 0 Å². The minimum atomic E-state index is -2.38. The van der Waals surface area contributed by atoms with Gasteiger partial charge in [-0.3, -0.25) is 0 Å².